The Balaban J connectivity index is 1.86. The van der Waals surface area contributed by atoms with Gasteiger partial charge in [-0.2, -0.15) is 0 Å². The smallest absolute Gasteiger partial charge is 0.267 e. The van der Waals surface area contributed by atoms with Crippen molar-refractivity contribution in [2.45, 2.75) is 6.10 Å². The van der Waals surface area contributed by atoms with E-state index in [4.69, 9.17) is 16.3 Å². The lowest BCUT2D eigenvalue weighted by Gasteiger charge is -2.33. The lowest BCUT2D eigenvalue weighted by Crippen LogP contribution is -2.48. The topological polar surface area (TPSA) is 75.7 Å². The van der Waals surface area contributed by atoms with Gasteiger partial charge in [-0.3, -0.25) is 9.10 Å². The quantitative estimate of drug-likeness (QED) is 0.905. The molecule has 2 aromatic carbocycles. The average molecular weight is 367 g/mol. The highest BCUT2D eigenvalue weighted by Gasteiger charge is 2.34. The fraction of sp³-hybridized carbons (Fsp3) is 0.188. The first-order valence-corrected chi connectivity index (χ1v) is 9.37. The maximum absolute atomic E-state index is 12.5. The van der Waals surface area contributed by atoms with Gasteiger partial charge >= 0.3 is 0 Å². The molecule has 0 aliphatic carbocycles. The molecule has 1 N–H and O–H groups in total. The number of carbonyl (C=O) groups is 1. The van der Waals surface area contributed by atoms with Crippen LogP contribution in [0.1, 0.15) is 0 Å². The summed E-state index contributed by atoms with van der Waals surface area (Å²) in [6, 6.07) is 13.4. The number of halogens is 1. The molecule has 24 heavy (non-hydrogen) atoms. The van der Waals surface area contributed by atoms with Gasteiger partial charge in [0.05, 0.1) is 18.5 Å². The van der Waals surface area contributed by atoms with Crippen LogP contribution in [0.25, 0.3) is 0 Å². The molecule has 0 fully saturated rings. The summed E-state index contributed by atoms with van der Waals surface area (Å²) in [6.45, 7) is -0.0950. The highest BCUT2D eigenvalue weighted by molar-refractivity contribution is 7.92. The summed E-state index contributed by atoms with van der Waals surface area (Å²) < 4.78 is 30.9. The van der Waals surface area contributed by atoms with Crippen LogP contribution in [0.2, 0.25) is 5.02 Å². The van der Waals surface area contributed by atoms with E-state index in [0.717, 1.165) is 6.26 Å². The van der Waals surface area contributed by atoms with Crippen molar-refractivity contribution in [1.29, 1.82) is 0 Å². The van der Waals surface area contributed by atoms with Crippen molar-refractivity contribution < 1.29 is 17.9 Å². The SMILES string of the molecule is CS(=O)(=O)N1C[C@H](C(=O)Nc2cccc(Cl)c2)Oc2ccccc21. The van der Waals surface area contributed by atoms with Crippen molar-refractivity contribution in [3.8, 4) is 5.75 Å². The molecule has 1 heterocycles. The fourth-order valence-corrected chi connectivity index (χ4v) is 3.55. The van der Waals surface area contributed by atoms with Crippen LogP contribution in [-0.4, -0.2) is 33.2 Å². The first-order valence-electron chi connectivity index (χ1n) is 7.14. The number of carbonyl (C=O) groups excluding carboxylic acids is 1. The third-order valence-electron chi connectivity index (χ3n) is 3.52. The van der Waals surface area contributed by atoms with Crippen molar-refractivity contribution in [3.63, 3.8) is 0 Å². The molecule has 126 valence electrons. The Hall–Kier alpha value is -2.25. The second-order valence-electron chi connectivity index (χ2n) is 5.37. The van der Waals surface area contributed by atoms with E-state index >= 15 is 0 Å². The monoisotopic (exact) mass is 366 g/mol. The number of para-hydroxylation sites is 2. The van der Waals surface area contributed by atoms with E-state index in [0.29, 0.717) is 22.1 Å². The standard InChI is InChI=1S/C16H15ClN2O4S/c1-24(21,22)19-10-15(23-14-8-3-2-7-13(14)19)16(20)18-12-6-4-5-11(17)9-12/h2-9,15H,10H2,1H3,(H,18,20)/t15-/m1/s1. The van der Waals surface area contributed by atoms with Crippen LogP contribution in [-0.2, 0) is 14.8 Å². The van der Waals surface area contributed by atoms with Gasteiger partial charge in [0, 0.05) is 10.7 Å². The Morgan fingerprint density at radius 3 is 2.71 bits per heavy atom. The second kappa shape index (κ2) is 6.33. The van der Waals surface area contributed by atoms with E-state index in [2.05, 4.69) is 5.32 Å². The molecule has 1 amide bonds. The van der Waals surface area contributed by atoms with Gasteiger partial charge in [0.2, 0.25) is 10.0 Å². The van der Waals surface area contributed by atoms with Gasteiger partial charge < -0.3 is 10.1 Å². The zero-order chi connectivity index (χ0) is 17.3. The molecular weight excluding hydrogens is 352 g/mol. The minimum atomic E-state index is -3.53. The molecule has 8 heteroatoms. The van der Waals surface area contributed by atoms with E-state index in [9.17, 15) is 13.2 Å². The summed E-state index contributed by atoms with van der Waals surface area (Å²) in [5.41, 5.74) is 0.938. The number of hydrogen-bond acceptors (Lipinski definition) is 4. The normalized spacial score (nSPS) is 16.9. The third-order valence-corrected chi connectivity index (χ3v) is 4.90. The van der Waals surface area contributed by atoms with Crippen LogP contribution >= 0.6 is 11.6 Å². The molecule has 1 aliphatic rings. The first-order chi connectivity index (χ1) is 11.3. The van der Waals surface area contributed by atoms with E-state index < -0.39 is 22.0 Å². The second-order valence-corrected chi connectivity index (χ2v) is 7.71. The molecule has 3 rings (SSSR count). The number of rotatable bonds is 3. The lowest BCUT2D eigenvalue weighted by atomic mass is 10.2. The molecule has 0 spiro atoms. The maximum atomic E-state index is 12.5. The number of ether oxygens (including phenoxy) is 1. The van der Waals surface area contributed by atoms with Crippen molar-refractivity contribution in [1.82, 2.24) is 0 Å². The Morgan fingerprint density at radius 1 is 1.25 bits per heavy atom. The number of hydrogen-bond donors (Lipinski definition) is 1. The molecule has 0 saturated carbocycles. The van der Waals surface area contributed by atoms with Crippen LogP contribution in [0.4, 0.5) is 11.4 Å². The maximum Gasteiger partial charge on any atom is 0.267 e. The molecule has 2 aromatic rings. The van der Waals surface area contributed by atoms with Gasteiger partial charge in [-0.15, -0.1) is 0 Å². The molecule has 0 saturated heterocycles. The largest absolute Gasteiger partial charge is 0.476 e. The Morgan fingerprint density at radius 2 is 2.00 bits per heavy atom. The summed E-state index contributed by atoms with van der Waals surface area (Å²) in [5.74, 6) is -0.0964. The van der Waals surface area contributed by atoms with E-state index in [1.165, 1.54) is 4.31 Å². The Labute approximate surface area is 145 Å². The highest BCUT2D eigenvalue weighted by atomic mass is 35.5. The number of nitrogens with one attached hydrogen (secondary N) is 1. The average Bonchev–Trinajstić information content (AvgIpc) is 2.53. The summed E-state index contributed by atoms with van der Waals surface area (Å²) in [4.78, 5) is 12.5. The van der Waals surface area contributed by atoms with Gasteiger partial charge in [-0.25, -0.2) is 8.42 Å². The highest BCUT2D eigenvalue weighted by Crippen LogP contribution is 2.34. The molecular formula is C16H15ClN2O4S. The predicted octanol–water partition coefficient (Wildman–Crippen LogP) is 2.51. The molecule has 1 atom stereocenters. The van der Waals surface area contributed by atoms with E-state index in [1.807, 2.05) is 0 Å². The van der Waals surface area contributed by atoms with Crippen LogP contribution in [0, 0.1) is 0 Å². The molecule has 1 aliphatic heterocycles. The Kier molecular flexibility index (Phi) is 4.38. The molecule has 0 unspecified atom stereocenters. The van der Waals surface area contributed by atoms with Gasteiger partial charge in [-0.1, -0.05) is 29.8 Å². The van der Waals surface area contributed by atoms with Crippen LogP contribution in [0.3, 0.4) is 0 Å². The van der Waals surface area contributed by atoms with Gasteiger partial charge in [-0.05, 0) is 30.3 Å². The minimum absolute atomic E-state index is 0.0950. The van der Waals surface area contributed by atoms with Gasteiger partial charge in [0.15, 0.2) is 6.10 Å². The molecule has 0 bridgehead atoms. The number of amides is 1. The van der Waals surface area contributed by atoms with Crippen molar-refractivity contribution in [2.75, 3.05) is 22.4 Å². The molecule has 0 aromatic heterocycles. The van der Waals surface area contributed by atoms with Crippen molar-refractivity contribution >= 4 is 38.9 Å². The van der Waals surface area contributed by atoms with Gasteiger partial charge in [0.25, 0.3) is 5.91 Å². The third kappa shape index (κ3) is 3.47. The number of nitrogens with zero attached hydrogens (tertiary/aromatic N) is 1. The molecule has 0 radical (unpaired) electrons. The fourth-order valence-electron chi connectivity index (χ4n) is 2.44. The summed E-state index contributed by atoms with van der Waals surface area (Å²) in [5, 5.41) is 3.17. The van der Waals surface area contributed by atoms with E-state index in [-0.39, 0.29) is 6.54 Å². The van der Waals surface area contributed by atoms with Crippen LogP contribution in [0.5, 0.6) is 5.75 Å². The lowest BCUT2D eigenvalue weighted by molar-refractivity contribution is -0.122. The van der Waals surface area contributed by atoms with E-state index in [1.54, 1.807) is 48.5 Å². The summed E-state index contributed by atoms with van der Waals surface area (Å²) in [7, 11) is -3.53. The zero-order valence-electron chi connectivity index (χ0n) is 12.8. The number of anilines is 2. The van der Waals surface area contributed by atoms with Crippen LogP contribution in [0.15, 0.2) is 48.5 Å². The number of fused-ring (bicyclic) bond motifs is 1. The summed E-state index contributed by atoms with van der Waals surface area (Å²) >= 11 is 5.89. The predicted molar refractivity (Wildman–Crippen MR) is 93.1 cm³/mol. The first kappa shape index (κ1) is 16.6. The van der Waals surface area contributed by atoms with Gasteiger partial charge in [0.1, 0.15) is 5.75 Å². The van der Waals surface area contributed by atoms with Crippen molar-refractivity contribution in [2.24, 2.45) is 0 Å². The Bertz CT molecular complexity index is 885. The summed E-state index contributed by atoms with van der Waals surface area (Å²) in [6.07, 6.45) is 0.134. The van der Waals surface area contributed by atoms with Crippen molar-refractivity contribution in [3.05, 3.63) is 53.6 Å². The van der Waals surface area contributed by atoms with Crippen LogP contribution < -0.4 is 14.4 Å². The minimum Gasteiger partial charge on any atom is -0.476 e. The molecule has 6 nitrogen and oxygen atoms in total. The zero-order valence-corrected chi connectivity index (χ0v) is 14.3. The number of benzene rings is 2. The number of sulfonamides is 1.